The van der Waals surface area contributed by atoms with Crippen molar-refractivity contribution in [1.29, 1.82) is 0 Å². The van der Waals surface area contributed by atoms with Gasteiger partial charge in [0.05, 0.1) is 0 Å². The molecule has 0 unspecified atom stereocenters. The second-order valence-corrected chi connectivity index (χ2v) is 5.74. The molecule has 3 aromatic rings. The van der Waals surface area contributed by atoms with Crippen molar-refractivity contribution in [2.24, 2.45) is 0 Å². The lowest BCUT2D eigenvalue weighted by atomic mass is 10.1. The van der Waals surface area contributed by atoms with Crippen LogP contribution in [0, 0.1) is 6.92 Å². The molecule has 0 saturated heterocycles. The van der Waals surface area contributed by atoms with Gasteiger partial charge in [-0.25, -0.2) is 9.97 Å². The summed E-state index contributed by atoms with van der Waals surface area (Å²) in [5.74, 6) is 1.59. The topological polar surface area (TPSA) is 49.8 Å². The van der Waals surface area contributed by atoms with Crippen molar-refractivity contribution in [3.63, 3.8) is 0 Å². The van der Waals surface area contributed by atoms with Crippen LogP contribution >= 0.6 is 0 Å². The van der Waals surface area contributed by atoms with E-state index in [1.165, 1.54) is 16.7 Å². The third kappa shape index (κ3) is 4.10. The maximum Gasteiger partial charge on any atom is 0.135 e. The van der Waals surface area contributed by atoms with Crippen LogP contribution in [-0.4, -0.2) is 9.97 Å². The van der Waals surface area contributed by atoms with E-state index in [0.29, 0.717) is 0 Å². The molecule has 0 bridgehead atoms. The molecule has 1 aromatic heterocycles. The SMILES string of the molecule is CCc1ccc(Nc2cc(NCc3ccccc3C)ncn2)cc1. The van der Waals surface area contributed by atoms with Crippen LogP contribution in [0.25, 0.3) is 0 Å². The highest BCUT2D eigenvalue weighted by molar-refractivity contribution is 5.59. The van der Waals surface area contributed by atoms with Crippen molar-refractivity contribution >= 4 is 17.3 Å². The molecule has 0 amide bonds. The maximum atomic E-state index is 4.29. The molecule has 2 aromatic carbocycles. The van der Waals surface area contributed by atoms with Crippen molar-refractivity contribution in [3.05, 3.63) is 77.6 Å². The van der Waals surface area contributed by atoms with Gasteiger partial charge in [-0.1, -0.05) is 43.3 Å². The Morgan fingerprint density at radius 1 is 0.917 bits per heavy atom. The van der Waals surface area contributed by atoms with Crippen LogP contribution in [0.1, 0.15) is 23.6 Å². The molecule has 1 heterocycles. The number of rotatable bonds is 6. The number of aromatic nitrogens is 2. The fourth-order valence-electron chi connectivity index (χ4n) is 2.49. The van der Waals surface area contributed by atoms with E-state index in [1.54, 1.807) is 6.33 Å². The summed E-state index contributed by atoms with van der Waals surface area (Å²) < 4.78 is 0. The summed E-state index contributed by atoms with van der Waals surface area (Å²) in [5, 5.41) is 6.67. The molecule has 0 aliphatic heterocycles. The highest BCUT2D eigenvalue weighted by Gasteiger charge is 2.01. The highest BCUT2D eigenvalue weighted by atomic mass is 15.1. The van der Waals surface area contributed by atoms with E-state index in [-0.39, 0.29) is 0 Å². The normalized spacial score (nSPS) is 10.4. The Hall–Kier alpha value is -2.88. The largest absolute Gasteiger partial charge is 0.366 e. The standard InChI is InChI=1S/C20H22N4/c1-3-16-8-10-18(11-9-16)24-20-12-19(22-14-23-20)21-13-17-7-5-4-6-15(17)2/h4-12,14H,3,13H2,1-2H3,(H2,21,22,23,24). The van der Waals surface area contributed by atoms with Gasteiger partial charge in [0.2, 0.25) is 0 Å². The predicted molar refractivity (Wildman–Crippen MR) is 99.6 cm³/mol. The van der Waals surface area contributed by atoms with E-state index in [4.69, 9.17) is 0 Å². The van der Waals surface area contributed by atoms with Gasteiger partial charge in [-0.05, 0) is 42.2 Å². The molecule has 0 atom stereocenters. The lowest BCUT2D eigenvalue weighted by Gasteiger charge is -2.10. The Morgan fingerprint density at radius 3 is 2.42 bits per heavy atom. The summed E-state index contributed by atoms with van der Waals surface area (Å²) in [5.41, 5.74) is 4.88. The van der Waals surface area contributed by atoms with Crippen molar-refractivity contribution < 1.29 is 0 Å². The van der Waals surface area contributed by atoms with Gasteiger partial charge >= 0.3 is 0 Å². The zero-order valence-corrected chi connectivity index (χ0v) is 14.1. The third-order valence-electron chi connectivity index (χ3n) is 4.02. The van der Waals surface area contributed by atoms with Crippen molar-refractivity contribution in [3.8, 4) is 0 Å². The Balaban J connectivity index is 1.66. The van der Waals surface area contributed by atoms with Crippen LogP contribution in [-0.2, 0) is 13.0 Å². The number of hydrogen-bond acceptors (Lipinski definition) is 4. The lowest BCUT2D eigenvalue weighted by Crippen LogP contribution is -2.04. The molecule has 0 radical (unpaired) electrons. The fraction of sp³-hybridized carbons (Fsp3) is 0.200. The van der Waals surface area contributed by atoms with Gasteiger partial charge in [0.1, 0.15) is 18.0 Å². The zero-order chi connectivity index (χ0) is 16.8. The maximum absolute atomic E-state index is 4.29. The second kappa shape index (κ2) is 7.59. The van der Waals surface area contributed by atoms with Crippen LogP contribution in [0.3, 0.4) is 0 Å². The van der Waals surface area contributed by atoms with Gasteiger partial charge in [0, 0.05) is 18.3 Å². The molecule has 0 fully saturated rings. The van der Waals surface area contributed by atoms with Crippen molar-refractivity contribution in [2.45, 2.75) is 26.8 Å². The number of nitrogens with one attached hydrogen (secondary N) is 2. The number of benzene rings is 2. The summed E-state index contributed by atoms with van der Waals surface area (Å²) in [7, 11) is 0. The second-order valence-electron chi connectivity index (χ2n) is 5.74. The van der Waals surface area contributed by atoms with Crippen molar-refractivity contribution in [2.75, 3.05) is 10.6 Å². The van der Waals surface area contributed by atoms with E-state index in [1.807, 2.05) is 6.07 Å². The summed E-state index contributed by atoms with van der Waals surface area (Å²) in [6.45, 7) is 5.01. The van der Waals surface area contributed by atoms with Gasteiger partial charge in [-0.2, -0.15) is 0 Å². The summed E-state index contributed by atoms with van der Waals surface area (Å²) >= 11 is 0. The number of nitrogens with zero attached hydrogens (tertiary/aromatic N) is 2. The minimum absolute atomic E-state index is 0.744. The molecule has 0 spiro atoms. The van der Waals surface area contributed by atoms with Gasteiger partial charge in [0.25, 0.3) is 0 Å². The Kier molecular flexibility index (Phi) is 5.06. The van der Waals surface area contributed by atoms with Crippen molar-refractivity contribution in [1.82, 2.24) is 9.97 Å². The molecule has 4 nitrogen and oxygen atoms in total. The zero-order valence-electron chi connectivity index (χ0n) is 14.1. The molecule has 2 N–H and O–H groups in total. The van der Waals surface area contributed by atoms with Crippen LogP contribution in [0.4, 0.5) is 17.3 Å². The summed E-state index contributed by atoms with van der Waals surface area (Å²) in [4.78, 5) is 8.58. The number of aryl methyl sites for hydroxylation is 2. The van der Waals surface area contributed by atoms with Crippen LogP contribution in [0.15, 0.2) is 60.9 Å². The first-order chi connectivity index (χ1) is 11.7. The minimum Gasteiger partial charge on any atom is -0.366 e. The predicted octanol–water partition coefficient (Wildman–Crippen LogP) is 4.70. The summed E-state index contributed by atoms with van der Waals surface area (Å²) in [6, 6.07) is 18.7. The molecular weight excluding hydrogens is 296 g/mol. The fourth-order valence-corrected chi connectivity index (χ4v) is 2.49. The molecule has 0 aliphatic rings. The van der Waals surface area contributed by atoms with Gasteiger partial charge in [-0.15, -0.1) is 0 Å². The van der Waals surface area contributed by atoms with Gasteiger partial charge < -0.3 is 10.6 Å². The molecule has 0 saturated carbocycles. The highest BCUT2D eigenvalue weighted by Crippen LogP contribution is 2.18. The monoisotopic (exact) mass is 318 g/mol. The van der Waals surface area contributed by atoms with Crippen LogP contribution in [0.2, 0.25) is 0 Å². The van der Waals surface area contributed by atoms with Crippen LogP contribution in [0.5, 0.6) is 0 Å². The lowest BCUT2D eigenvalue weighted by molar-refractivity contribution is 1.07. The van der Waals surface area contributed by atoms with E-state index < -0.39 is 0 Å². The van der Waals surface area contributed by atoms with E-state index in [9.17, 15) is 0 Å². The van der Waals surface area contributed by atoms with E-state index in [2.05, 4.69) is 83.0 Å². The molecule has 3 rings (SSSR count). The Labute approximate surface area is 143 Å². The van der Waals surface area contributed by atoms with E-state index >= 15 is 0 Å². The number of anilines is 3. The van der Waals surface area contributed by atoms with Gasteiger partial charge in [0.15, 0.2) is 0 Å². The molecule has 24 heavy (non-hydrogen) atoms. The number of hydrogen-bond donors (Lipinski definition) is 2. The Morgan fingerprint density at radius 2 is 1.67 bits per heavy atom. The minimum atomic E-state index is 0.744. The average molecular weight is 318 g/mol. The summed E-state index contributed by atoms with van der Waals surface area (Å²) in [6.07, 6.45) is 2.61. The Bertz CT molecular complexity index is 797. The van der Waals surface area contributed by atoms with Crippen LogP contribution < -0.4 is 10.6 Å². The quantitative estimate of drug-likeness (QED) is 0.691. The third-order valence-corrected chi connectivity index (χ3v) is 4.02. The molecule has 122 valence electrons. The first-order valence-corrected chi connectivity index (χ1v) is 8.21. The molecule has 4 heteroatoms. The first-order valence-electron chi connectivity index (χ1n) is 8.21. The van der Waals surface area contributed by atoms with E-state index in [0.717, 1.165) is 30.3 Å². The first kappa shape index (κ1) is 16.0. The van der Waals surface area contributed by atoms with Gasteiger partial charge in [-0.3, -0.25) is 0 Å². The molecular formula is C20H22N4. The average Bonchev–Trinajstić information content (AvgIpc) is 2.62. The molecule has 0 aliphatic carbocycles. The smallest absolute Gasteiger partial charge is 0.135 e.